The molecule has 1 heterocycles. The van der Waals surface area contributed by atoms with Crippen molar-refractivity contribution in [3.05, 3.63) is 64.2 Å². The molecule has 0 radical (unpaired) electrons. The van der Waals surface area contributed by atoms with Crippen LogP contribution in [0.15, 0.2) is 42.5 Å². The third-order valence-corrected chi connectivity index (χ3v) is 5.55. The molecule has 0 atom stereocenters. The van der Waals surface area contributed by atoms with E-state index in [9.17, 15) is 4.79 Å². The second kappa shape index (κ2) is 9.94. The molecule has 1 N–H and O–H groups in total. The van der Waals surface area contributed by atoms with E-state index in [0.717, 1.165) is 43.8 Å². The van der Waals surface area contributed by atoms with Gasteiger partial charge in [0.1, 0.15) is 11.9 Å². The summed E-state index contributed by atoms with van der Waals surface area (Å²) in [4.78, 5) is 14.5. The molecule has 0 saturated carbocycles. The Morgan fingerprint density at radius 1 is 1.14 bits per heavy atom. The van der Waals surface area contributed by atoms with Crippen LogP contribution >= 0.6 is 11.6 Å². The summed E-state index contributed by atoms with van der Waals surface area (Å²) < 4.78 is 6.15. The molecular weight excluding hydrogens is 372 g/mol. The van der Waals surface area contributed by atoms with Gasteiger partial charge in [0.25, 0.3) is 0 Å². The highest BCUT2D eigenvalue weighted by molar-refractivity contribution is 6.30. The van der Waals surface area contributed by atoms with Crippen LogP contribution in [-0.2, 0) is 11.2 Å². The number of likely N-dealkylation sites (tertiary alicyclic amines) is 1. The summed E-state index contributed by atoms with van der Waals surface area (Å²) >= 11 is 5.96. The maximum absolute atomic E-state index is 12.1. The zero-order valence-corrected chi connectivity index (χ0v) is 17.5. The molecule has 0 spiro atoms. The highest BCUT2D eigenvalue weighted by atomic mass is 35.5. The lowest BCUT2D eigenvalue weighted by Gasteiger charge is -2.32. The molecule has 150 valence electrons. The normalized spacial score (nSPS) is 15.4. The van der Waals surface area contributed by atoms with Gasteiger partial charge in [0, 0.05) is 31.2 Å². The summed E-state index contributed by atoms with van der Waals surface area (Å²) in [6, 6.07) is 13.7. The van der Waals surface area contributed by atoms with Crippen LogP contribution in [0.4, 0.5) is 0 Å². The van der Waals surface area contributed by atoms with E-state index in [-0.39, 0.29) is 12.0 Å². The molecule has 1 aliphatic rings. The first kappa shape index (κ1) is 20.7. The number of piperidine rings is 1. The number of nitrogens with zero attached hydrogens (tertiary/aromatic N) is 1. The minimum Gasteiger partial charge on any atom is -0.490 e. The SMILES string of the molecule is Cc1ccc(OC2CCN(CCNC(=O)Cc3cccc(Cl)c3)CC2)cc1C. The van der Waals surface area contributed by atoms with Gasteiger partial charge in [-0.05, 0) is 67.6 Å². The predicted molar refractivity (Wildman–Crippen MR) is 114 cm³/mol. The fourth-order valence-corrected chi connectivity index (χ4v) is 3.69. The van der Waals surface area contributed by atoms with E-state index in [1.165, 1.54) is 11.1 Å². The minimum absolute atomic E-state index is 0.0372. The van der Waals surface area contributed by atoms with Crippen molar-refractivity contribution in [2.24, 2.45) is 0 Å². The van der Waals surface area contributed by atoms with Gasteiger partial charge in [0.15, 0.2) is 0 Å². The van der Waals surface area contributed by atoms with Gasteiger partial charge in [0.05, 0.1) is 6.42 Å². The van der Waals surface area contributed by atoms with Crippen LogP contribution in [0.2, 0.25) is 5.02 Å². The number of halogens is 1. The van der Waals surface area contributed by atoms with Gasteiger partial charge in [-0.15, -0.1) is 0 Å². The van der Waals surface area contributed by atoms with E-state index in [0.29, 0.717) is 18.0 Å². The summed E-state index contributed by atoms with van der Waals surface area (Å²) in [7, 11) is 0. The van der Waals surface area contributed by atoms with Crippen LogP contribution in [0, 0.1) is 13.8 Å². The van der Waals surface area contributed by atoms with E-state index >= 15 is 0 Å². The summed E-state index contributed by atoms with van der Waals surface area (Å²) in [6.07, 6.45) is 2.68. The zero-order chi connectivity index (χ0) is 19.9. The van der Waals surface area contributed by atoms with Gasteiger partial charge >= 0.3 is 0 Å². The van der Waals surface area contributed by atoms with Crippen LogP contribution < -0.4 is 10.1 Å². The molecule has 2 aromatic rings. The average molecular weight is 401 g/mol. The van der Waals surface area contributed by atoms with Gasteiger partial charge in [-0.25, -0.2) is 0 Å². The van der Waals surface area contributed by atoms with Gasteiger partial charge in [-0.1, -0.05) is 29.8 Å². The van der Waals surface area contributed by atoms with Crippen molar-refractivity contribution in [3.8, 4) is 5.75 Å². The number of carbonyl (C=O) groups excluding carboxylic acids is 1. The molecule has 0 unspecified atom stereocenters. The number of hydrogen-bond acceptors (Lipinski definition) is 3. The third-order valence-electron chi connectivity index (χ3n) is 5.32. The van der Waals surface area contributed by atoms with Crippen molar-refractivity contribution in [2.75, 3.05) is 26.2 Å². The Hall–Kier alpha value is -2.04. The van der Waals surface area contributed by atoms with E-state index < -0.39 is 0 Å². The van der Waals surface area contributed by atoms with Crippen molar-refractivity contribution in [1.29, 1.82) is 0 Å². The average Bonchev–Trinajstić information content (AvgIpc) is 2.66. The second-order valence-electron chi connectivity index (χ2n) is 7.56. The number of benzene rings is 2. The number of nitrogens with one attached hydrogen (secondary N) is 1. The van der Waals surface area contributed by atoms with E-state index in [2.05, 4.69) is 42.3 Å². The van der Waals surface area contributed by atoms with Crippen molar-refractivity contribution in [2.45, 2.75) is 39.2 Å². The van der Waals surface area contributed by atoms with Crippen LogP contribution in [0.25, 0.3) is 0 Å². The first-order valence-electron chi connectivity index (χ1n) is 9.97. The Labute approximate surface area is 172 Å². The van der Waals surface area contributed by atoms with Crippen LogP contribution in [0.3, 0.4) is 0 Å². The fourth-order valence-electron chi connectivity index (χ4n) is 3.48. The van der Waals surface area contributed by atoms with E-state index in [1.54, 1.807) is 0 Å². The standard InChI is InChI=1S/C23H29ClN2O2/c1-17-6-7-22(14-18(17)2)28-21-8-11-26(12-9-21)13-10-25-23(27)16-19-4-3-5-20(24)15-19/h3-7,14-15,21H,8-13,16H2,1-2H3,(H,25,27). The second-order valence-corrected chi connectivity index (χ2v) is 8.00. The molecule has 1 saturated heterocycles. The van der Waals surface area contributed by atoms with E-state index in [1.807, 2.05) is 24.3 Å². The van der Waals surface area contributed by atoms with Crippen molar-refractivity contribution >= 4 is 17.5 Å². The fraction of sp³-hybridized carbons (Fsp3) is 0.435. The Kier molecular flexibility index (Phi) is 7.35. The molecular formula is C23H29ClN2O2. The molecule has 5 heteroatoms. The molecule has 28 heavy (non-hydrogen) atoms. The summed E-state index contributed by atoms with van der Waals surface area (Å²) in [5.74, 6) is 1.00. The quantitative estimate of drug-likeness (QED) is 0.758. The zero-order valence-electron chi connectivity index (χ0n) is 16.7. The highest BCUT2D eigenvalue weighted by Crippen LogP contribution is 2.21. The molecule has 1 aliphatic heterocycles. The van der Waals surface area contributed by atoms with E-state index in [4.69, 9.17) is 16.3 Å². The first-order chi connectivity index (χ1) is 13.5. The molecule has 1 fully saturated rings. The van der Waals surface area contributed by atoms with Crippen molar-refractivity contribution < 1.29 is 9.53 Å². The first-order valence-corrected chi connectivity index (χ1v) is 10.3. The summed E-state index contributed by atoms with van der Waals surface area (Å²) in [5, 5.41) is 3.67. The molecule has 0 bridgehead atoms. The molecule has 3 rings (SSSR count). The van der Waals surface area contributed by atoms with Crippen molar-refractivity contribution in [3.63, 3.8) is 0 Å². The lowest BCUT2D eigenvalue weighted by atomic mass is 10.1. The van der Waals surface area contributed by atoms with Gasteiger partial charge < -0.3 is 15.0 Å². The smallest absolute Gasteiger partial charge is 0.224 e. The molecule has 0 aliphatic carbocycles. The van der Waals surface area contributed by atoms with Gasteiger partial charge in [-0.2, -0.15) is 0 Å². The predicted octanol–water partition coefficient (Wildman–Crippen LogP) is 4.16. The molecule has 4 nitrogen and oxygen atoms in total. The third kappa shape index (κ3) is 6.25. The molecule has 2 aromatic carbocycles. The van der Waals surface area contributed by atoms with Crippen molar-refractivity contribution in [1.82, 2.24) is 10.2 Å². The van der Waals surface area contributed by atoms with Crippen LogP contribution in [0.5, 0.6) is 5.75 Å². The molecule has 1 amide bonds. The monoisotopic (exact) mass is 400 g/mol. The Morgan fingerprint density at radius 3 is 2.64 bits per heavy atom. The number of hydrogen-bond donors (Lipinski definition) is 1. The topological polar surface area (TPSA) is 41.6 Å². The number of amides is 1. The number of rotatable bonds is 7. The maximum Gasteiger partial charge on any atom is 0.224 e. The minimum atomic E-state index is 0.0372. The van der Waals surface area contributed by atoms with Gasteiger partial charge in [0.2, 0.25) is 5.91 Å². The number of carbonyl (C=O) groups is 1. The maximum atomic E-state index is 12.1. The Bertz CT molecular complexity index is 801. The lowest BCUT2D eigenvalue weighted by molar-refractivity contribution is -0.120. The number of ether oxygens (including phenoxy) is 1. The van der Waals surface area contributed by atoms with Crippen LogP contribution in [-0.4, -0.2) is 43.1 Å². The lowest BCUT2D eigenvalue weighted by Crippen LogP contribution is -2.42. The largest absolute Gasteiger partial charge is 0.490 e. The molecule has 0 aromatic heterocycles. The van der Waals surface area contributed by atoms with Crippen LogP contribution in [0.1, 0.15) is 29.5 Å². The highest BCUT2D eigenvalue weighted by Gasteiger charge is 2.20. The summed E-state index contributed by atoms with van der Waals surface area (Å²) in [6.45, 7) is 7.77. The number of aryl methyl sites for hydroxylation is 2. The Balaban J connectivity index is 1.34. The summed E-state index contributed by atoms with van der Waals surface area (Å²) in [5.41, 5.74) is 3.50. The Morgan fingerprint density at radius 2 is 1.93 bits per heavy atom. The van der Waals surface area contributed by atoms with Gasteiger partial charge in [-0.3, -0.25) is 4.79 Å².